The third kappa shape index (κ3) is 3.96. The lowest BCUT2D eigenvalue weighted by Gasteiger charge is -2.39. The summed E-state index contributed by atoms with van der Waals surface area (Å²) in [6.45, 7) is 0.400. The highest BCUT2D eigenvalue weighted by atomic mass is 19.1. The van der Waals surface area contributed by atoms with Crippen molar-refractivity contribution < 1.29 is 23.6 Å². The topological polar surface area (TPSA) is 88.7 Å². The second-order valence-electron chi connectivity index (χ2n) is 9.57. The summed E-state index contributed by atoms with van der Waals surface area (Å²) in [7, 11) is 0. The lowest BCUT2D eigenvalue weighted by atomic mass is 9.99. The van der Waals surface area contributed by atoms with E-state index in [1.165, 1.54) is 18.3 Å². The molecule has 8 heteroatoms. The molecule has 3 atom stereocenters. The van der Waals surface area contributed by atoms with Crippen LogP contribution in [-0.4, -0.2) is 39.4 Å². The van der Waals surface area contributed by atoms with Crippen LogP contribution in [0, 0.1) is 5.82 Å². The third-order valence-electron chi connectivity index (χ3n) is 7.28. The van der Waals surface area contributed by atoms with Crippen molar-refractivity contribution in [2.24, 2.45) is 0 Å². The maximum atomic E-state index is 13.8. The zero-order valence-electron chi connectivity index (χ0n) is 18.7. The van der Waals surface area contributed by atoms with Gasteiger partial charge in [-0.05, 0) is 62.8 Å². The average molecular weight is 464 g/mol. The van der Waals surface area contributed by atoms with E-state index in [1.54, 1.807) is 18.2 Å². The van der Waals surface area contributed by atoms with Gasteiger partial charge in [-0.25, -0.2) is 14.2 Å². The molecule has 3 aliphatic rings. The largest absolute Gasteiger partial charge is 0.478 e. The number of ether oxygens (including phenoxy) is 1. The minimum absolute atomic E-state index is 0.106. The SMILES string of the molecule is O=C(O)c1ccc(N2[C@@H]3CC[C@H]2CC(OCc2c(-c4cccc(F)c4)noc2C2CC2)C3)nc1. The van der Waals surface area contributed by atoms with Gasteiger partial charge in [0.25, 0.3) is 0 Å². The van der Waals surface area contributed by atoms with Crippen molar-refractivity contribution in [1.82, 2.24) is 10.1 Å². The van der Waals surface area contributed by atoms with Gasteiger partial charge in [0.1, 0.15) is 23.1 Å². The summed E-state index contributed by atoms with van der Waals surface area (Å²) in [4.78, 5) is 17.9. The second-order valence-corrected chi connectivity index (χ2v) is 9.57. The second kappa shape index (κ2) is 8.51. The molecule has 2 aromatic heterocycles. The Balaban J connectivity index is 1.17. The van der Waals surface area contributed by atoms with E-state index in [9.17, 15) is 9.18 Å². The van der Waals surface area contributed by atoms with Crippen molar-refractivity contribution >= 4 is 11.8 Å². The zero-order chi connectivity index (χ0) is 23.2. The Hall–Kier alpha value is -3.26. The normalized spacial score (nSPS) is 23.9. The minimum Gasteiger partial charge on any atom is -0.478 e. The molecule has 0 amide bonds. The maximum Gasteiger partial charge on any atom is 0.337 e. The number of carbonyl (C=O) groups is 1. The number of aromatic nitrogens is 2. The van der Waals surface area contributed by atoms with Crippen LogP contribution in [-0.2, 0) is 11.3 Å². The molecule has 1 saturated carbocycles. The fourth-order valence-corrected chi connectivity index (χ4v) is 5.49. The van der Waals surface area contributed by atoms with Crippen LogP contribution < -0.4 is 4.90 Å². The van der Waals surface area contributed by atoms with E-state index in [0.29, 0.717) is 35.9 Å². The highest BCUT2D eigenvalue weighted by Gasteiger charge is 2.42. The Bertz CT molecular complexity index is 1190. The van der Waals surface area contributed by atoms with Crippen LogP contribution in [0.4, 0.5) is 10.2 Å². The van der Waals surface area contributed by atoms with Crippen LogP contribution in [0.5, 0.6) is 0 Å². The van der Waals surface area contributed by atoms with Gasteiger partial charge in [-0.3, -0.25) is 0 Å². The molecular formula is C26H26FN3O4. The van der Waals surface area contributed by atoms with Crippen molar-refractivity contribution in [1.29, 1.82) is 0 Å². The van der Waals surface area contributed by atoms with Crippen molar-refractivity contribution in [2.75, 3.05) is 4.90 Å². The van der Waals surface area contributed by atoms with Gasteiger partial charge in [-0.1, -0.05) is 17.3 Å². The quantitative estimate of drug-likeness (QED) is 0.517. The lowest BCUT2D eigenvalue weighted by molar-refractivity contribution is 0.0146. The van der Waals surface area contributed by atoms with Crippen molar-refractivity contribution in [2.45, 2.75) is 69.2 Å². The van der Waals surface area contributed by atoms with E-state index in [4.69, 9.17) is 14.4 Å². The third-order valence-corrected chi connectivity index (χ3v) is 7.28. The molecule has 2 aliphatic heterocycles. The Morgan fingerprint density at radius 1 is 1.15 bits per heavy atom. The molecule has 176 valence electrons. The number of rotatable bonds is 7. The highest BCUT2D eigenvalue weighted by molar-refractivity contribution is 5.87. The first kappa shape index (κ1) is 21.3. The monoisotopic (exact) mass is 463 g/mol. The summed E-state index contributed by atoms with van der Waals surface area (Å²) < 4.78 is 26.0. The van der Waals surface area contributed by atoms with Gasteiger partial charge < -0.3 is 19.3 Å². The van der Waals surface area contributed by atoms with E-state index in [-0.39, 0.29) is 17.5 Å². The molecule has 1 aliphatic carbocycles. The smallest absolute Gasteiger partial charge is 0.337 e. The number of carboxylic acid groups (broad SMARTS) is 1. The molecule has 2 saturated heterocycles. The van der Waals surface area contributed by atoms with Gasteiger partial charge in [0.2, 0.25) is 0 Å². The molecule has 0 radical (unpaired) electrons. The standard InChI is InChI=1S/C26H26FN3O4/c27-18-3-1-2-16(10-18)24-22(25(34-29-24)15-4-5-15)14-33-21-11-19-7-8-20(12-21)30(19)23-9-6-17(13-28-23)26(31)32/h1-3,6,9-10,13,15,19-21H,4-5,7-8,11-12,14H2,(H,31,32)/t19-,20+,21?. The van der Waals surface area contributed by atoms with Crippen molar-refractivity contribution in [3.05, 3.63) is 65.3 Å². The molecular weight excluding hydrogens is 437 g/mol. The fraction of sp³-hybridized carbons (Fsp3) is 0.423. The van der Waals surface area contributed by atoms with Gasteiger partial charge >= 0.3 is 5.97 Å². The number of hydrogen-bond acceptors (Lipinski definition) is 6. The first-order valence-electron chi connectivity index (χ1n) is 11.9. The molecule has 0 spiro atoms. The number of hydrogen-bond donors (Lipinski definition) is 1. The highest BCUT2D eigenvalue weighted by Crippen LogP contribution is 2.45. The Morgan fingerprint density at radius 2 is 1.94 bits per heavy atom. The van der Waals surface area contributed by atoms with Crippen LogP contribution >= 0.6 is 0 Å². The van der Waals surface area contributed by atoms with Gasteiger partial charge in [-0.2, -0.15) is 0 Å². The van der Waals surface area contributed by atoms with Crippen LogP contribution in [0.1, 0.15) is 66.1 Å². The van der Waals surface area contributed by atoms with Gasteiger partial charge in [0.05, 0.1) is 18.3 Å². The molecule has 2 bridgehead atoms. The molecule has 6 rings (SSSR count). The van der Waals surface area contributed by atoms with E-state index in [0.717, 1.165) is 55.7 Å². The Labute approximate surface area is 196 Å². The molecule has 1 unspecified atom stereocenters. The maximum absolute atomic E-state index is 13.8. The summed E-state index contributed by atoms with van der Waals surface area (Å²) >= 11 is 0. The fourth-order valence-electron chi connectivity index (χ4n) is 5.49. The summed E-state index contributed by atoms with van der Waals surface area (Å²) in [6, 6.07) is 10.5. The van der Waals surface area contributed by atoms with Crippen molar-refractivity contribution in [3.63, 3.8) is 0 Å². The van der Waals surface area contributed by atoms with E-state index in [2.05, 4.69) is 15.0 Å². The Morgan fingerprint density at radius 3 is 2.59 bits per heavy atom. The van der Waals surface area contributed by atoms with Gasteiger partial charge in [0, 0.05) is 35.3 Å². The summed E-state index contributed by atoms with van der Waals surface area (Å²) in [6.07, 6.45) is 7.62. The predicted molar refractivity (Wildman–Crippen MR) is 122 cm³/mol. The number of anilines is 1. The number of piperidine rings is 1. The van der Waals surface area contributed by atoms with Gasteiger partial charge in [0.15, 0.2) is 0 Å². The Kier molecular flexibility index (Phi) is 5.32. The molecule has 4 heterocycles. The molecule has 34 heavy (non-hydrogen) atoms. The van der Waals surface area contributed by atoms with E-state index in [1.807, 2.05) is 6.07 Å². The molecule has 1 aromatic carbocycles. The zero-order valence-corrected chi connectivity index (χ0v) is 18.7. The molecule has 1 N–H and O–H groups in total. The number of nitrogens with zero attached hydrogens (tertiary/aromatic N) is 3. The first-order valence-corrected chi connectivity index (χ1v) is 11.9. The number of halogens is 1. The van der Waals surface area contributed by atoms with Crippen molar-refractivity contribution in [3.8, 4) is 11.3 Å². The van der Waals surface area contributed by atoms with Crippen LogP contribution in [0.2, 0.25) is 0 Å². The molecule has 3 aromatic rings. The number of carboxylic acids is 1. The minimum atomic E-state index is -0.967. The summed E-state index contributed by atoms with van der Waals surface area (Å²) in [5.41, 5.74) is 2.52. The predicted octanol–water partition coefficient (Wildman–Crippen LogP) is 5.17. The van der Waals surface area contributed by atoms with E-state index >= 15 is 0 Å². The molecule has 7 nitrogen and oxygen atoms in total. The average Bonchev–Trinajstić information content (AvgIpc) is 3.54. The summed E-state index contributed by atoms with van der Waals surface area (Å²) in [5, 5.41) is 13.4. The van der Waals surface area contributed by atoms with Crippen LogP contribution in [0.3, 0.4) is 0 Å². The lowest BCUT2D eigenvalue weighted by Crippen LogP contribution is -2.46. The number of benzene rings is 1. The van der Waals surface area contributed by atoms with Crippen LogP contribution in [0.25, 0.3) is 11.3 Å². The van der Waals surface area contributed by atoms with Gasteiger partial charge in [-0.15, -0.1) is 0 Å². The summed E-state index contributed by atoms with van der Waals surface area (Å²) in [5.74, 6) is 0.827. The number of aromatic carboxylic acids is 1. The van der Waals surface area contributed by atoms with E-state index < -0.39 is 5.97 Å². The van der Waals surface area contributed by atoms with Crippen LogP contribution in [0.15, 0.2) is 47.1 Å². The molecule has 3 fully saturated rings. The number of pyridine rings is 1. The number of fused-ring (bicyclic) bond motifs is 2. The first-order chi connectivity index (χ1) is 16.6.